The number of anilines is 2. The third kappa shape index (κ3) is 2.21. The Morgan fingerprint density at radius 2 is 1.86 bits per heavy atom. The summed E-state index contributed by atoms with van der Waals surface area (Å²) in [4.78, 5) is 2.53. The Kier molecular flexibility index (Phi) is 3.41. The average Bonchev–Trinajstić information content (AvgIpc) is 3.23. The van der Waals surface area contributed by atoms with Gasteiger partial charge in [-0.05, 0) is 42.5 Å². The van der Waals surface area contributed by atoms with E-state index in [-0.39, 0.29) is 0 Å². The van der Waals surface area contributed by atoms with Gasteiger partial charge in [-0.1, -0.05) is 30.3 Å². The first-order valence-electron chi connectivity index (χ1n) is 8.13. The normalized spacial score (nSPS) is 19.9. The molecule has 2 aliphatic rings. The van der Waals surface area contributed by atoms with E-state index in [0.29, 0.717) is 6.04 Å². The number of ether oxygens (including phenoxy) is 1. The van der Waals surface area contributed by atoms with E-state index in [2.05, 4.69) is 46.6 Å². The van der Waals surface area contributed by atoms with Crippen LogP contribution in [0.4, 0.5) is 11.4 Å². The van der Waals surface area contributed by atoms with E-state index in [0.717, 1.165) is 17.9 Å². The summed E-state index contributed by atoms with van der Waals surface area (Å²) in [6, 6.07) is 15.5. The van der Waals surface area contributed by atoms with Crippen LogP contribution in [-0.2, 0) is 6.42 Å². The number of para-hydroxylation sites is 2. The van der Waals surface area contributed by atoms with Gasteiger partial charge < -0.3 is 15.0 Å². The van der Waals surface area contributed by atoms with Crippen molar-refractivity contribution in [1.29, 1.82) is 0 Å². The lowest BCUT2D eigenvalue weighted by molar-refractivity contribution is 0.416. The van der Waals surface area contributed by atoms with Crippen LogP contribution in [0.1, 0.15) is 30.0 Å². The number of hydrogen-bond donors (Lipinski definition) is 1. The molecular formula is C19H22N2O. The van der Waals surface area contributed by atoms with Gasteiger partial charge in [-0.3, -0.25) is 0 Å². The van der Waals surface area contributed by atoms with Crippen molar-refractivity contribution in [2.75, 3.05) is 30.4 Å². The maximum absolute atomic E-state index is 5.50. The van der Waals surface area contributed by atoms with Crippen molar-refractivity contribution in [1.82, 2.24) is 0 Å². The summed E-state index contributed by atoms with van der Waals surface area (Å²) in [5.41, 5.74) is 5.30. The average molecular weight is 294 g/mol. The van der Waals surface area contributed by atoms with E-state index in [1.54, 1.807) is 7.11 Å². The minimum Gasteiger partial charge on any atom is -0.495 e. The van der Waals surface area contributed by atoms with Crippen LogP contribution in [0.2, 0.25) is 0 Å². The Bertz CT molecular complexity index is 677. The zero-order valence-electron chi connectivity index (χ0n) is 13.0. The van der Waals surface area contributed by atoms with Gasteiger partial charge in [-0.2, -0.15) is 0 Å². The lowest BCUT2D eigenvalue weighted by atomic mass is 10.0. The lowest BCUT2D eigenvalue weighted by Crippen LogP contribution is -2.21. The van der Waals surface area contributed by atoms with Crippen LogP contribution in [-0.4, -0.2) is 20.2 Å². The molecule has 1 N–H and O–H groups in total. The molecule has 0 aliphatic carbocycles. The Labute approximate surface area is 131 Å². The molecule has 0 amide bonds. The maximum atomic E-state index is 5.50. The Morgan fingerprint density at radius 3 is 2.68 bits per heavy atom. The van der Waals surface area contributed by atoms with Gasteiger partial charge in [-0.25, -0.2) is 0 Å². The fourth-order valence-corrected chi connectivity index (χ4v) is 3.74. The number of nitrogens with zero attached hydrogens (tertiary/aromatic N) is 1. The van der Waals surface area contributed by atoms with Crippen molar-refractivity contribution in [2.24, 2.45) is 0 Å². The molecule has 114 valence electrons. The molecule has 1 atom stereocenters. The highest BCUT2D eigenvalue weighted by Gasteiger charge is 2.27. The van der Waals surface area contributed by atoms with Crippen molar-refractivity contribution in [3.8, 4) is 5.75 Å². The third-order valence-electron chi connectivity index (χ3n) is 4.83. The molecule has 3 nitrogen and oxygen atoms in total. The fraction of sp³-hybridized carbons (Fsp3) is 0.368. The first kappa shape index (κ1) is 13.5. The number of nitrogens with one attached hydrogen (secondary N) is 1. The van der Waals surface area contributed by atoms with Gasteiger partial charge in [0.05, 0.1) is 18.8 Å². The van der Waals surface area contributed by atoms with Crippen molar-refractivity contribution >= 4 is 11.4 Å². The zero-order valence-corrected chi connectivity index (χ0v) is 13.0. The highest BCUT2D eigenvalue weighted by atomic mass is 16.5. The monoisotopic (exact) mass is 294 g/mol. The molecule has 2 aromatic carbocycles. The van der Waals surface area contributed by atoms with Gasteiger partial charge in [0.1, 0.15) is 5.75 Å². The second-order valence-electron chi connectivity index (χ2n) is 6.15. The van der Waals surface area contributed by atoms with Gasteiger partial charge in [-0.15, -0.1) is 0 Å². The predicted molar refractivity (Wildman–Crippen MR) is 91.0 cm³/mol. The zero-order chi connectivity index (χ0) is 14.9. The van der Waals surface area contributed by atoms with Crippen molar-refractivity contribution < 1.29 is 4.74 Å². The molecule has 3 heteroatoms. The molecule has 0 saturated carbocycles. The molecule has 0 radical (unpaired) electrons. The minimum atomic E-state index is 0.336. The highest BCUT2D eigenvalue weighted by molar-refractivity contribution is 5.69. The highest BCUT2D eigenvalue weighted by Crippen LogP contribution is 2.42. The van der Waals surface area contributed by atoms with E-state index < -0.39 is 0 Å². The molecular weight excluding hydrogens is 272 g/mol. The number of fused-ring (bicyclic) bond motifs is 1. The Hall–Kier alpha value is -2.16. The van der Waals surface area contributed by atoms with Crippen LogP contribution in [0.15, 0.2) is 42.5 Å². The van der Waals surface area contributed by atoms with Gasteiger partial charge in [0.25, 0.3) is 0 Å². The van der Waals surface area contributed by atoms with Crippen molar-refractivity contribution in [3.05, 3.63) is 53.6 Å². The molecule has 2 aliphatic heterocycles. The summed E-state index contributed by atoms with van der Waals surface area (Å²) in [5, 5.41) is 3.68. The topological polar surface area (TPSA) is 24.5 Å². The second kappa shape index (κ2) is 5.56. The Morgan fingerprint density at radius 1 is 1.05 bits per heavy atom. The standard InChI is InChI=1S/C19H22N2O/c1-22-18-10-6-7-14-13-16(20-19(14)18)15-8-2-3-9-17(15)21-11-4-5-12-21/h2-3,6-10,16,20H,4-5,11-13H2,1H3. The summed E-state index contributed by atoms with van der Waals surface area (Å²) in [7, 11) is 1.74. The molecule has 0 bridgehead atoms. The van der Waals surface area contributed by atoms with Crippen molar-refractivity contribution in [3.63, 3.8) is 0 Å². The molecule has 1 saturated heterocycles. The summed E-state index contributed by atoms with van der Waals surface area (Å²) >= 11 is 0. The summed E-state index contributed by atoms with van der Waals surface area (Å²) in [5.74, 6) is 0.943. The maximum Gasteiger partial charge on any atom is 0.142 e. The molecule has 2 aromatic rings. The van der Waals surface area contributed by atoms with E-state index >= 15 is 0 Å². The van der Waals surface area contributed by atoms with Crippen LogP contribution in [0.5, 0.6) is 5.75 Å². The summed E-state index contributed by atoms with van der Waals surface area (Å²) in [6.45, 7) is 2.36. The number of benzene rings is 2. The summed E-state index contributed by atoms with van der Waals surface area (Å²) in [6.07, 6.45) is 3.64. The number of methoxy groups -OCH3 is 1. The lowest BCUT2D eigenvalue weighted by Gasteiger charge is -2.24. The van der Waals surface area contributed by atoms with Crippen LogP contribution < -0.4 is 15.0 Å². The van der Waals surface area contributed by atoms with Crippen LogP contribution >= 0.6 is 0 Å². The van der Waals surface area contributed by atoms with Gasteiger partial charge in [0.15, 0.2) is 0 Å². The largest absolute Gasteiger partial charge is 0.495 e. The first-order valence-corrected chi connectivity index (χ1v) is 8.13. The van der Waals surface area contributed by atoms with Crippen LogP contribution in [0.25, 0.3) is 0 Å². The smallest absolute Gasteiger partial charge is 0.142 e. The number of rotatable bonds is 3. The van der Waals surface area contributed by atoms with Gasteiger partial charge in [0.2, 0.25) is 0 Å². The van der Waals surface area contributed by atoms with E-state index in [9.17, 15) is 0 Å². The molecule has 22 heavy (non-hydrogen) atoms. The molecule has 0 aromatic heterocycles. The predicted octanol–water partition coefficient (Wildman–Crippen LogP) is 4.00. The first-order chi connectivity index (χ1) is 10.9. The van der Waals surface area contributed by atoms with E-state index in [1.165, 1.54) is 42.7 Å². The fourth-order valence-electron chi connectivity index (χ4n) is 3.74. The van der Waals surface area contributed by atoms with E-state index in [1.807, 2.05) is 6.07 Å². The molecule has 2 heterocycles. The van der Waals surface area contributed by atoms with Crippen LogP contribution in [0.3, 0.4) is 0 Å². The number of hydrogen-bond acceptors (Lipinski definition) is 3. The SMILES string of the molecule is COc1cccc2c1NC(c1ccccc1N1CCCC1)C2. The quantitative estimate of drug-likeness (QED) is 0.926. The second-order valence-corrected chi connectivity index (χ2v) is 6.15. The minimum absolute atomic E-state index is 0.336. The molecule has 4 rings (SSSR count). The Balaban J connectivity index is 1.67. The molecule has 1 fully saturated rings. The van der Waals surface area contributed by atoms with Gasteiger partial charge in [0, 0.05) is 18.8 Å². The summed E-state index contributed by atoms with van der Waals surface area (Å²) < 4.78 is 5.50. The van der Waals surface area contributed by atoms with Gasteiger partial charge >= 0.3 is 0 Å². The van der Waals surface area contributed by atoms with E-state index in [4.69, 9.17) is 4.74 Å². The van der Waals surface area contributed by atoms with Crippen molar-refractivity contribution in [2.45, 2.75) is 25.3 Å². The molecule has 1 unspecified atom stereocenters. The third-order valence-corrected chi connectivity index (χ3v) is 4.83. The molecule has 0 spiro atoms. The van der Waals surface area contributed by atoms with Crippen LogP contribution in [0, 0.1) is 0 Å².